The first-order chi connectivity index (χ1) is 8.16. The van der Waals surface area contributed by atoms with Crippen molar-refractivity contribution in [1.82, 2.24) is 0 Å². The van der Waals surface area contributed by atoms with Crippen LogP contribution in [-0.2, 0) is 12.8 Å². The normalized spacial score (nSPS) is 9.94. The van der Waals surface area contributed by atoms with Gasteiger partial charge in [0.25, 0.3) is 0 Å². The van der Waals surface area contributed by atoms with Gasteiger partial charge in [0.1, 0.15) is 0 Å². The summed E-state index contributed by atoms with van der Waals surface area (Å²) in [5.74, 6) is -0.465. The number of hydrogen-bond acceptors (Lipinski definition) is 0. The standard InChI is InChI=1S/C15H13ClF.Rb/c1-11-5-7-12(8-6-11)9-10-13-3-2-4-14(17)15(13)16;/h2-3,5-8H,9-10H2,1H3;/q-1;+1. The van der Waals surface area contributed by atoms with E-state index in [1.807, 2.05) is 6.07 Å². The molecule has 0 heterocycles. The Kier molecular flexibility index (Phi) is 7.26. The minimum absolute atomic E-state index is 0. The molecule has 0 saturated carbocycles. The first-order valence-corrected chi connectivity index (χ1v) is 5.95. The topological polar surface area (TPSA) is 0 Å². The Morgan fingerprint density at radius 2 is 1.78 bits per heavy atom. The molecule has 0 bridgehead atoms. The van der Waals surface area contributed by atoms with Gasteiger partial charge in [-0.05, 0) is 30.4 Å². The average Bonchev–Trinajstić information content (AvgIpc) is 2.33. The van der Waals surface area contributed by atoms with Crippen LogP contribution >= 0.6 is 11.6 Å². The minimum Gasteiger partial charge on any atom is -0.235 e. The zero-order valence-corrected chi connectivity index (χ0v) is 16.3. The number of benzene rings is 2. The van der Waals surface area contributed by atoms with Crippen LogP contribution < -0.4 is 58.2 Å². The van der Waals surface area contributed by atoms with Crippen LogP contribution in [0, 0.1) is 18.8 Å². The molecule has 18 heavy (non-hydrogen) atoms. The zero-order valence-electron chi connectivity index (χ0n) is 10.6. The minimum atomic E-state index is -0.465. The Balaban J connectivity index is 0.00000162. The summed E-state index contributed by atoms with van der Waals surface area (Å²) in [5.41, 5.74) is 3.32. The molecule has 0 aliphatic carbocycles. The van der Waals surface area contributed by atoms with Gasteiger partial charge in [-0.3, -0.25) is 0 Å². The van der Waals surface area contributed by atoms with Crippen LogP contribution in [0.2, 0.25) is 5.02 Å². The molecular weight excluding hydrogens is 320 g/mol. The van der Waals surface area contributed by atoms with Crippen LogP contribution in [0.15, 0.2) is 36.4 Å². The Hall–Kier alpha value is 0.465. The fourth-order valence-corrected chi connectivity index (χ4v) is 1.93. The van der Waals surface area contributed by atoms with Crippen molar-refractivity contribution in [2.75, 3.05) is 0 Å². The van der Waals surface area contributed by atoms with Gasteiger partial charge in [0.15, 0.2) is 0 Å². The van der Waals surface area contributed by atoms with Gasteiger partial charge in [-0.1, -0.05) is 29.8 Å². The van der Waals surface area contributed by atoms with Crippen LogP contribution in [0.4, 0.5) is 4.39 Å². The van der Waals surface area contributed by atoms with E-state index in [1.165, 1.54) is 11.1 Å². The van der Waals surface area contributed by atoms with E-state index in [2.05, 4.69) is 37.3 Å². The maximum Gasteiger partial charge on any atom is 1.00 e. The Morgan fingerprint density at radius 3 is 2.44 bits per heavy atom. The molecule has 0 N–H and O–H groups in total. The summed E-state index contributed by atoms with van der Waals surface area (Å²) < 4.78 is 13.2. The second kappa shape index (κ2) is 7.91. The zero-order chi connectivity index (χ0) is 12.3. The molecule has 0 radical (unpaired) electrons. The van der Waals surface area contributed by atoms with E-state index in [1.54, 1.807) is 6.07 Å². The van der Waals surface area contributed by atoms with Gasteiger partial charge in [-0.15, -0.1) is 11.6 Å². The summed E-state index contributed by atoms with van der Waals surface area (Å²) in [7, 11) is 0. The van der Waals surface area contributed by atoms with Gasteiger partial charge in [0, 0.05) is 5.82 Å². The largest absolute Gasteiger partial charge is 1.00 e. The molecule has 2 rings (SSSR count). The number of halogens is 2. The Morgan fingerprint density at radius 1 is 1.11 bits per heavy atom. The van der Waals surface area contributed by atoms with Crippen LogP contribution in [0.25, 0.3) is 0 Å². The molecule has 0 aliphatic rings. The maximum absolute atomic E-state index is 13.2. The van der Waals surface area contributed by atoms with Gasteiger partial charge in [0.05, 0.1) is 0 Å². The SMILES string of the molecule is Cc1ccc(CCc2cc[c-]c(F)c2Cl)cc1.[Rb+]. The summed E-state index contributed by atoms with van der Waals surface area (Å²) in [5, 5.41) is 0.194. The van der Waals surface area contributed by atoms with Crippen molar-refractivity contribution in [1.29, 1.82) is 0 Å². The van der Waals surface area contributed by atoms with Gasteiger partial charge < -0.3 is 0 Å². The van der Waals surface area contributed by atoms with Crippen molar-refractivity contribution < 1.29 is 62.6 Å². The fourth-order valence-electron chi connectivity index (χ4n) is 1.72. The molecule has 0 saturated heterocycles. The summed E-state index contributed by atoms with van der Waals surface area (Å²) in [4.78, 5) is 0. The molecule has 0 aromatic heterocycles. The van der Waals surface area contributed by atoms with Crippen LogP contribution in [-0.4, -0.2) is 0 Å². The molecule has 0 fully saturated rings. The van der Waals surface area contributed by atoms with E-state index in [0.717, 1.165) is 18.4 Å². The van der Waals surface area contributed by atoms with E-state index in [4.69, 9.17) is 11.6 Å². The predicted octanol–water partition coefficient (Wildman–Crippen LogP) is 1.38. The molecule has 3 heteroatoms. The predicted molar refractivity (Wildman–Crippen MR) is 68.8 cm³/mol. The van der Waals surface area contributed by atoms with Gasteiger partial charge in [-0.2, -0.15) is 23.7 Å². The third kappa shape index (κ3) is 4.54. The maximum atomic E-state index is 13.2. The molecule has 0 amide bonds. The summed E-state index contributed by atoms with van der Waals surface area (Å²) in [6.45, 7) is 2.06. The smallest absolute Gasteiger partial charge is 0.235 e. The van der Waals surface area contributed by atoms with Crippen molar-refractivity contribution in [3.63, 3.8) is 0 Å². The molecule has 0 unspecified atom stereocenters. The third-order valence-corrected chi connectivity index (χ3v) is 3.18. The monoisotopic (exact) mass is 332 g/mol. The average molecular weight is 333 g/mol. The van der Waals surface area contributed by atoms with Crippen molar-refractivity contribution in [2.24, 2.45) is 0 Å². The first-order valence-electron chi connectivity index (χ1n) is 5.57. The number of aryl methyl sites for hydroxylation is 3. The van der Waals surface area contributed by atoms with Gasteiger partial charge >= 0.3 is 58.2 Å². The van der Waals surface area contributed by atoms with E-state index < -0.39 is 5.82 Å². The van der Waals surface area contributed by atoms with E-state index >= 15 is 0 Å². The summed E-state index contributed by atoms with van der Waals surface area (Å²) in [6.07, 6.45) is 1.61. The molecule has 0 aliphatic heterocycles. The van der Waals surface area contributed by atoms with Crippen molar-refractivity contribution in [3.8, 4) is 0 Å². The van der Waals surface area contributed by atoms with Crippen molar-refractivity contribution in [3.05, 3.63) is 70.0 Å². The van der Waals surface area contributed by atoms with Gasteiger partial charge in [-0.25, -0.2) is 4.39 Å². The van der Waals surface area contributed by atoms with Crippen molar-refractivity contribution >= 4 is 11.6 Å². The molecule has 88 valence electrons. The molecule has 2 aromatic carbocycles. The molecular formula is C15H13ClFRb. The second-order valence-corrected chi connectivity index (χ2v) is 4.49. The van der Waals surface area contributed by atoms with Crippen LogP contribution in [0.5, 0.6) is 0 Å². The Bertz CT molecular complexity index is 508. The van der Waals surface area contributed by atoms with E-state index in [9.17, 15) is 4.39 Å². The molecule has 2 aromatic rings. The molecule has 0 spiro atoms. The first kappa shape index (κ1) is 16.5. The van der Waals surface area contributed by atoms with Crippen LogP contribution in [0.3, 0.4) is 0 Å². The number of hydrogen-bond donors (Lipinski definition) is 0. The quantitative estimate of drug-likeness (QED) is 0.745. The second-order valence-electron chi connectivity index (χ2n) is 4.12. The molecule has 0 atom stereocenters. The van der Waals surface area contributed by atoms with E-state index in [-0.39, 0.29) is 63.2 Å². The summed E-state index contributed by atoms with van der Waals surface area (Å²) in [6, 6.07) is 14.2. The van der Waals surface area contributed by atoms with Crippen molar-refractivity contribution in [2.45, 2.75) is 19.8 Å². The third-order valence-electron chi connectivity index (χ3n) is 2.77. The number of rotatable bonds is 3. The van der Waals surface area contributed by atoms with Gasteiger partial charge in [0.2, 0.25) is 0 Å². The summed E-state index contributed by atoms with van der Waals surface area (Å²) >= 11 is 5.88. The van der Waals surface area contributed by atoms with Crippen LogP contribution in [0.1, 0.15) is 16.7 Å². The fraction of sp³-hybridized carbons (Fsp3) is 0.200. The van der Waals surface area contributed by atoms with E-state index in [0.29, 0.717) is 0 Å². The Labute approximate surface area is 161 Å². The molecule has 0 nitrogen and oxygen atoms in total.